The highest BCUT2D eigenvalue weighted by Gasteiger charge is 2.24. The number of carbonyl (C=O) groups is 1. The van der Waals surface area contributed by atoms with Crippen molar-refractivity contribution in [1.29, 1.82) is 0 Å². The van der Waals surface area contributed by atoms with Gasteiger partial charge in [-0.1, -0.05) is 0 Å². The van der Waals surface area contributed by atoms with Gasteiger partial charge >= 0.3 is 0 Å². The molecular formula is C17H13FN4O3. The van der Waals surface area contributed by atoms with E-state index in [0.29, 0.717) is 22.6 Å². The van der Waals surface area contributed by atoms with Gasteiger partial charge in [0.05, 0.1) is 22.9 Å². The number of hydrogen-bond acceptors (Lipinski definition) is 5. The molecule has 0 unspecified atom stereocenters. The lowest BCUT2D eigenvalue weighted by atomic mass is 10.1. The van der Waals surface area contributed by atoms with Crippen LogP contribution in [-0.4, -0.2) is 29.4 Å². The molecule has 4 rings (SSSR count). The van der Waals surface area contributed by atoms with E-state index in [2.05, 4.69) is 15.6 Å². The molecule has 0 saturated carbocycles. The average Bonchev–Trinajstić information content (AvgIpc) is 3.25. The number of nitrogens with zero attached hydrogens (tertiary/aromatic N) is 2. The van der Waals surface area contributed by atoms with Crippen LogP contribution in [0.25, 0.3) is 28.0 Å². The first-order valence-corrected chi connectivity index (χ1v) is 7.51. The quantitative estimate of drug-likeness (QED) is 0.596. The highest BCUT2D eigenvalue weighted by molar-refractivity contribution is 6.05. The predicted octanol–water partition coefficient (Wildman–Crippen LogP) is 2.09. The fourth-order valence-electron chi connectivity index (χ4n) is 2.99. The molecule has 0 atom stereocenters. The SMILES string of the molecule is CNC(=O)c1cn2c(-c3ccco3)nc3c(NC)c(F)cc(c1=O)c32. The van der Waals surface area contributed by atoms with Gasteiger partial charge in [0.15, 0.2) is 11.6 Å². The van der Waals surface area contributed by atoms with Crippen LogP contribution < -0.4 is 16.1 Å². The summed E-state index contributed by atoms with van der Waals surface area (Å²) in [6, 6.07) is 4.51. The number of rotatable bonds is 3. The van der Waals surface area contributed by atoms with E-state index < -0.39 is 17.2 Å². The van der Waals surface area contributed by atoms with Crippen molar-refractivity contribution in [3.05, 3.63) is 52.3 Å². The zero-order valence-electron chi connectivity index (χ0n) is 13.4. The lowest BCUT2D eigenvalue weighted by Crippen LogP contribution is -2.26. The third-order valence-corrected chi connectivity index (χ3v) is 4.12. The largest absolute Gasteiger partial charge is 0.461 e. The van der Waals surface area contributed by atoms with E-state index in [0.717, 1.165) is 6.07 Å². The van der Waals surface area contributed by atoms with Gasteiger partial charge in [-0.3, -0.25) is 14.0 Å². The summed E-state index contributed by atoms with van der Waals surface area (Å²) in [4.78, 5) is 29.2. The molecule has 2 N–H and O–H groups in total. The molecule has 1 amide bonds. The molecule has 1 aromatic carbocycles. The lowest BCUT2D eigenvalue weighted by Gasteiger charge is -2.08. The molecule has 0 saturated heterocycles. The third kappa shape index (κ3) is 2.00. The smallest absolute Gasteiger partial charge is 0.256 e. The number of carbonyl (C=O) groups excluding carboxylic acids is 1. The van der Waals surface area contributed by atoms with Crippen molar-refractivity contribution in [3.8, 4) is 11.6 Å². The van der Waals surface area contributed by atoms with Crippen molar-refractivity contribution >= 4 is 28.0 Å². The van der Waals surface area contributed by atoms with Crippen LogP contribution in [0.15, 0.2) is 39.9 Å². The van der Waals surface area contributed by atoms with E-state index in [9.17, 15) is 14.0 Å². The Bertz CT molecular complexity index is 1160. The molecule has 25 heavy (non-hydrogen) atoms. The number of hydrogen-bond donors (Lipinski definition) is 2. The number of benzene rings is 1. The van der Waals surface area contributed by atoms with Crippen molar-refractivity contribution in [3.63, 3.8) is 0 Å². The van der Waals surface area contributed by atoms with Gasteiger partial charge in [-0.15, -0.1) is 0 Å². The first kappa shape index (κ1) is 15.1. The van der Waals surface area contributed by atoms with Crippen molar-refractivity contribution in [2.45, 2.75) is 0 Å². The lowest BCUT2D eigenvalue weighted by molar-refractivity contribution is 0.0961. The molecule has 0 spiro atoms. The highest BCUT2D eigenvalue weighted by Crippen LogP contribution is 2.33. The molecular weight excluding hydrogens is 327 g/mol. The van der Waals surface area contributed by atoms with Gasteiger partial charge in [0.25, 0.3) is 5.91 Å². The van der Waals surface area contributed by atoms with Gasteiger partial charge in [0, 0.05) is 20.3 Å². The van der Waals surface area contributed by atoms with Gasteiger partial charge in [0.1, 0.15) is 16.9 Å². The van der Waals surface area contributed by atoms with E-state index in [1.807, 2.05) is 0 Å². The minimum Gasteiger partial charge on any atom is -0.461 e. The number of imidazole rings is 1. The van der Waals surface area contributed by atoms with Crippen LogP contribution in [0.3, 0.4) is 0 Å². The van der Waals surface area contributed by atoms with Crippen molar-refractivity contribution in [1.82, 2.24) is 14.7 Å². The van der Waals surface area contributed by atoms with E-state index in [4.69, 9.17) is 4.42 Å². The van der Waals surface area contributed by atoms with Crippen LogP contribution in [-0.2, 0) is 0 Å². The summed E-state index contributed by atoms with van der Waals surface area (Å²) < 4.78 is 21.4. The van der Waals surface area contributed by atoms with Crippen molar-refractivity contribution < 1.29 is 13.6 Å². The molecule has 0 aliphatic rings. The zero-order valence-corrected chi connectivity index (χ0v) is 13.4. The first-order valence-electron chi connectivity index (χ1n) is 7.51. The molecule has 3 aromatic heterocycles. The first-order chi connectivity index (χ1) is 12.1. The van der Waals surface area contributed by atoms with E-state index in [1.54, 1.807) is 23.6 Å². The molecule has 0 radical (unpaired) electrons. The number of pyridine rings is 1. The minimum atomic E-state index is -0.618. The third-order valence-electron chi connectivity index (χ3n) is 4.12. The highest BCUT2D eigenvalue weighted by atomic mass is 19.1. The Morgan fingerprint density at radius 3 is 2.80 bits per heavy atom. The fourth-order valence-corrected chi connectivity index (χ4v) is 2.99. The van der Waals surface area contributed by atoms with Crippen molar-refractivity contribution in [2.24, 2.45) is 0 Å². The normalized spacial score (nSPS) is 11.3. The minimum absolute atomic E-state index is 0.0814. The van der Waals surface area contributed by atoms with E-state index in [1.165, 1.54) is 19.5 Å². The summed E-state index contributed by atoms with van der Waals surface area (Å²) in [5, 5.41) is 5.27. The van der Waals surface area contributed by atoms with Crippen molar-refractivity contribution in [2.75, 3.05) is 19.4 Å². The maximum absolute atomic E-state index is 14.5. The Balaban J connectivity index is 2.24. The summed E-state index contributed by atoms with van der Waals surface area (Å²) in [5.74, 6) is -0.364. The number of anilines is 1. The maximum atomic E-state index is 14.5. The molecule has 0 bridgehead atoms. The summed E-state index contributed by atoms with van der Waals surface area (Å²) in [7, 11) is 3.00. The van der Waals surface area contributed by atoms with Crippen LogP contribution in [0, 0.1) is 5.82 Å². The number of amides is 1. The zero-order chi connectivity index (χ0) is 17.7. The Morgan fingerprint density at radius 2 is 2.16 bits per heavy atom. The molecule has 0 aliphatic heterocycles. The van der Waals surface area contributed by atoms with Gasteiger partial charge in [-0.2, -0.15) is 0 Å². The number of halogens is 1. The molecule has 0 fully saturated rings. The van der Waals surface area contributed by atoms with Gasteiger partial charge in [-0.25, -0.2) is 9.37 Å². The fraction of sp³-hybridized carbons (Fsp3) is 0.118. The average molecular weight is 340 g/mol. The molecule has 7 nitrogen and oxygen atoms in total. The van der Waals surface area contributed by atoms with Crippen LogP contribution in [0.1, 0.15) is 10.4 Å². The van der Waals surface area contributed by atoms with Gasteiger partial charge in [-0.05, 0) is 18.2 Å². The second kappa shape index (κ2) is 5.30. The summed E-state index contributed by atoms with van der Waals surface area (Å²) in [6.45, 7) is 0. The predicted molar refractivity (Wildman–Crippen MR) is 90.8 cm³/mol. The van der Waals surface area contributed by atoms with Crippen LogP contribution in [0.2, 0.25) is 0 Å². The molecule has 0 aliphatic carbocycles. The summed E-state index contributed by atoms with van der Waals surface area (Å²) >= 11 is 0. The molecule has 3 heterocycles. The Labute approximate surface area is 140 Å². The molecule has 4 aromatic rings. The second-order valence-electron chi connectivity index (χ2n) is 5.46. The van der Waals surface area contributed by atoms with Gasteiger partial charge in [0.2, 0.25) is 5.43 Å². The number of nitrogens with one attached hydrogen (secondary N) is 2. The van der Waals surface area contributed by atoms with Gasteiger partial charge < -0.3 is 15.1 Å². The molecule has 126 valence electrons. The Kier molecular flexibility index (Phi) is 3.21. The van der Waals surface area contributed by atoms with Crippen LogP contribution in [0.5, 0.6) is 0 Å². The summed E-state index contributed by atoms with van der Waals surface area (Å²) in [6.07, 6.45) is 2.89. The van der Waals surface area contributed by atoms with Crippen LogP contribution in [0.4, 0.5) is 10.1 Å². The van der Waals surface area contributed by atoms with Crippen LogP contribution >= 0.6 is 0 Å². The maximum Gasteiger partial charge on any atom is 0.256 e. The molecule has 8 heteroatoms. The second-order valence-corrected chi connectivity index (χ2v) is 5.46. The number of furan rings is 1. The number of aromatic nitrogens is 2. The van der Waals surface area contributed by atoms with E-state index >= 15 is 0 Å². The summed E-state index contributed by atoms with van der Waals surface area (Å²) in [5.41, 5.74) is 0.247. The van der Waals surface area contributed by atoms with E-state index in [-0.39, 0.29) is 16.6 Å². The Morgan fingerprint density at radius 1 is 1.36 bits per heavy atom. The monoisotopic (exact) mass is 340 g/mol. The topological polar surface area (TPSA) is 88.6 Å². The standard InChI is InChI=1S/C17H13FN4O3/c1-19-12-10(18)6-8-14-13(12)21-16(11-4-3-5-25-11)22(14)7-9(15(8)23)17(24)20-2/h3-7,19H,1-2H3,(H,20,24). The Hall–Kier alpha value is -3.42.